The monoisotopic (exact) mass is 552 g/mol. The number of amides is 1. The van der Waals surface area contributed by atoms with E-state index in [0.29, 0.717) is 17.1 Å². The molecule has 0 aliphatic rings. The second-order valence-electron chi connectivity index (χ2n) is 7.94. The maximum Gasteiger partial charge on any atom is 0.264 e. The number of pyridine rings is 1. The van der Waals surface area contributed by atoms with Gasteiger partial charge in [0, 0.05) is 17.6 Å². The summed E-state index contributed by atoms with van der Waals surface area (Å²) in [7, 11) is -6.43. The number of nitrogens with one attached hydrogen (secondary N) is 2. The number of methoxy groups -OCH3 is 1. The zero-order valence-corrected chi connectivity index (χ0v) is 21.8. The molecule has 3 aromatic carbocycles. The molecule has 0 radical (unpaired) electrons. The lowest BCUT2D eigenvalue weighted by atomic mass is 10.3. The van der Waals surface area contributed by atoms with Gasteiger partial charge in [-0.2, -0.15) is 0 Å². The molecule has 4 rings (SSSR count). The summed E-state index contributed by atoms with van der Waals surface area (Å²) in [5, 5.41) is 2.61. The van der Waals surface area contributed by atoms with Crippen molar-refractivity contribution in [2.75, 3.05) is 28.0 Å². The molecule has 1 aromatic heterocycles. The molecule has 196 valence electrons. The van der Waals surface area contributed by atoms with Crippen molar-refractivity contribution in [1.82, 2.24) is 4.98 Å². The van der Waals surface area contributed by atoms with Gasteiger partial charge in [-0.1, -0.05) is 18.2 Å². The van der Waals surface area contributed by atoms with E-state index in [-0.39, 0.29) is 15.5 Å². The van der Waals surface area contributed by atoms with Crippen LogP contribution >= 0.6 is 0 Å². The van der Waals surface area contributed by atoms with Gasteiger partial charge in [-0.3, -0.25) is 18.8 Å². The first kappa shape index (κ1) is 26.6. The number of carbonyl (C=O) groups is 1. The average Bonchev–Trinajstić information content (AvgIpc) is 2.93. The van der Waals surface area contributed by atoms with Gasteiger partial charge in [0.05, 0.1) is 28.8 Å². The molecule has 1 heterocycles. The smallest absolute Gasteiger partial charge is 0.264 e. The van der Waals surface area contributed by atoms with Crippen molar-refractivity contribution in [2.24, 2.45) is 0 Å². The Kier molecular flexibility index (Phi) is 7.93. The third-order valence-electron chi connectivity index (χ3n) is 5.34. The molecule has 2 N–H and O–H groups in total. The van der Waals surface area contributed by atoms with Gasteiger partial charge in [0.2, 0.25) is 5.91 Å². The normalized spacial score (nSPS) is 11.4. The number of rotatable bonds is 10. The molecule has 0 saturated heterocycles. The third-order valence-corrected chi connectivity index (χ3v) is 8.53. The number of hydrogen-bond acceptors (Lipinski definition) is 7. The van der Waals surface area contributed by atoms with Gasteiger partial charge in [-0.15, -0.1) is 0 Å². The minimum absolute atomic E-state index is 0.0186. The summed E-state index contributed by atoms with van der Waals surface area (Å²) in [6, 6.07) is 22.8. The van der Waals surface area contributed by atoms with E-state index in [0.717, 1.165) is 4.31 Å². The van der Waals surface area contributed by atoms with Crippen molar-refractivity contribution >= 4 is 43.0 Å². The number of carbonyl (C=O) groups excluding carboxylic acids is 1. The highest BCUT2D eigenvalue weighted by Gasteiger charge is 2.27. The van der Waals surface area contributed by atoms with Crippen LogP contribution in [0, 0.1) is 0 Å². The minimum Gasteiger partial charge on any atom is -0.497 e. The Balaban J connectivity index is 1.48. The van der Waals surface area contributed by atoms with Crippen LogP contribution in [0.15, 0.2) is 113 Å². The Bertz CT molecular complexity index is 1600. The van der Waals surface area contributed by atoms with Gasteiger partial charge < -0.3 is 10.1 Å². The summed E-state index contributed by atoms with van der Waals surface area (Å²) in [5.74, 6) is -0.0352. The first-order valence-corrected chi connectivity index (χ1v) is 14.2. The van der Waals surface area contributed by atoms with Crippen molar-refractivity contribution in [3.63, 3.8) is 0 Å². The van der Waals surface area contributed by atoms with E-state index in [4.69, 9.17) is 4.74 Å². The number of ether oxygens (including phenoxy) is 1. The Morgan fingerprint density at radius 3 is 2.08 bits per heavy atom. The van der Waals surface area contributed by atoms with E-state index in [1.54, 1.807) is 48.5 Å². The minimum atomic E-state index is -4.06. The van der Waals surface area contributed by atoms with Crippen LogP contribution in [0.5, 0.6) is 5.75 Å². The van der Waals surface area contributed by atoms with Gasteiger partial charge in [-0.05, 0) is 72.8 Å². The van der Waals surface area contributed by atoms with Crippen LogP contribution in [0.4, 0.5) is 17.1 Å². The number of sulfonamides is 2. The van der Waals surface area contributed by atoms with E-state index in [2.05, 4.69) is 15.0 Å². The molecule has 4 aromatic rings. The lowest BCUT2D eigenvalue weighted by molar-refractivity contribution is -0.114. The van der Waals surface area contributed by atoms with Gasteiger partial charge in [0.1, 0.15) is 12.3 Å². The molecule has 12 heteroatoms. The van der Waals surface area contributed by atoms with Crippen molar-refractivity contribution in [2.45, 2.75) is 9.79 Å². The predicted octanol–water partition coefficient (Wildman–Crippen LogP) is 3.73. The van der Waals surface area contributed by atoms with Crippen LogP contribution in [0.25, 0.3) is 0 Å². The van der Waals surface area contributed by atoms with E-state index in [1.807, 2.05) is 0 Å². The van der Waals surface area contributed by atoms with Crippen molar-refractivity contribution in [1.29, 1.82) is 0 Å². The second kappa shape index (κ2) is 11.3. The predicted molar refractivity (Wildman–Crippen MR) is 144 cm³/mol. The van der Waals surface area contributed by atoms with Crippen molar-refractivity contribution in [3.8, 4) is 5.75 Å². The summed E-state index contributed by atoms with van der Waals surface area (Å²) in [5.41, 5.74) is 0.873. The molecule has 0 saturated carbocycles. The summed E-state index contributed by atoms with van der Waals surface area (Å²) in [6.45, 7) is -0.526. The molecule has 38 heavy (non-hydrogen) atoms. The first-order valence-electron chi connectivity index (χ1n) is 11.2. The van der Waals surface area contributed by atoms with Gasteiger partial charge in [-0.25, -0.2) is 16.8 Å². The Morgan fingerprint density at radius 2 is 1.47 bits per heavy atom. The fourth-order valence-corrected chi connectivity index (χ4v) is 5.94. The summed E-state index contributed by atoms with van der Waals surface area (Å²) >= 11 is 0. The van der Waals surface area contributed by atoms with Crippen molar-refractivity contribution < 1.29 is 26.4 Å². The zero-order valence-electron chi connectivity index (χ0n) is 20.2. The molecular formula is C26H24N4O6S2. The van der Waals surface area contributed by atoms with Crippen LogP contribution in [0.2, 0.25) is 0 Å². The van der Waals surface area contributed by atoms with Crippen LogP contribution < -0.4 is 19.1 Å². The highest BCUT2D eigenvalue weighted by molar-refractivity contribution is 7.93. The van der Waals surface area contributed by atoms with Crippen LogP contribution in [-0.4, -0.2) is 41.4 Å². The van der Waals surface area contributed by atoms with Gasteiger partial charge in [0.25, 0.3) is 20.0 Å². The quantitative estimate of drug-likeness (QED) is 0.306. The number of aromatic nitrogens is 1. The Hall–Kier alpha value is -4.42. The largest absolute Gasteiger partial charge is 0.497 e. The molecule has 0 atom stereocenters. The summed E-state index contributed by atoms with van der Waals surface area (Å²) in [6.07, 6.45) is 2.85. The van der Waals surface area contributed by atoms with E-state index in [9.17, 15) is 21.6 Å². The molecule has 0 fully saturated rings. The highest BCUT2D eigenvalue weighted by Crippen LogP contribution is 2.24. The maximum absolute atomic E-state index is 13.3. The molecule has 0 aliphatic heterocycles. The molecule has 0 aliphatic carbocycles. The fourth-order valence-electron chi connectivity index (χ4n) is 3.46. The van der Waals surface area contributed by atoms with Crippen LogP contribution in [0.1, 0.15) is 0 Å². The molecule has 0 bridgehead atoms. The highest BCUT2D eigenvalue weighted by atomic mass is 32.2. The second-order valence-corrected chi connectivity index (χ2v) is 11.5. The number of nitrogens with zero attached hydrogens (tertiary/aromatic N) is 2. The van der Waals surface area contributed by atoms with E-state index < -0.39 is 32.5 Å². The number of hydrogen-bond donors (Lipinski definition) is 2. The fraction of sp³-hybridized carbons (Fsp3) is 0.0769. The number of benzene rings is 3. The summed E-state index contributed by atoms with van der Waals surface area (Å²) in [4.78, 5) is 16.8. The lowest BCUT2D eigenvalue weighted by Gasteiger charge is -2.23. The Labute approximate surface area is 221 Å². The van der Waals surface area contributed by atoms with Crippen molar-refractivity contribution in [3.05, 3.63) is 103 Å². The van der Waals surface area contributed by atoms with Gasteiger partial charge >= 0.3 is 0 Å². The summed E-state index contributed by atoms with van der Waals surface area (Å²) < 4.78 is 60.6. The van der Waals surface area contributed by atoms with Gasteiger partial charge in [0.15, 0.2) is 0 Å². The standard InChI is InChI=1S/C26H24N4O6S2/c1-36-23-13-9-21(10-14-23)29-37(32,33)24-15-11-20(12-16-24)28-26(31)19-30(22-6-5-17-27-18-22)38(34,35)25-7-3-2-4-8-25/h2-18,29H,19H2,1H3,(H,28,31). The maximum atomic E-state index is 13.3. The molecular weight excluding hydrogens is 528 g/mol. The topological polar surface area (TPSA) is 135 Å². The molecule has 10 nitrogen and oxygen atoms in total. The van der Waals surface area contributed by atoms with Crippen LogP contribution in [-0.2, 0) is 24.8 Å². The Morgan fingerprint density at radius 1 is 0.816 bits per heavy atom. The zero-order chi connectivity index (χ0) is 27.2. The van der Waals surface area contributed by atoms with E-state index in [1.165, 1.54) is 62.0 Å². The number of anilines is 3. The molecule has 1 amide bonds. The average molecular weight is 553 g/mol. The lowest BCUT2D eigenvalue weighted by Crippen LogP contribution is -2.38. The SMILES string of the molecule is COc1ccc(NS(=O)(=O)c2ccc(NC(=O)CN(c3cccnc3)S(=O)(=O)c3ccccc3)cc2)cc1. The first-order chi connectivity index (χ1) is 18.2. The van der Waals surface area contributed by atoms with Crippen LogP contribution in [0.3, 0.4) is 0 Å². The third kappa shape index (κ3) is 6.28. The molecule has 0 unspecified atom stereocenters. The van der Waals surface area contributed by atoms with E-state index >= 15 is 0 Å². The molecule has 0 spiro atoms.